The Bertz CT molecular complexity index is 633. The quantitative estimate of drug-likeness (QED) is 0.526. The van der Waals surface area contributed by atoms with E-state index >= 15 is 0 Å². The number of benzene rings is 1. The van der Waals surface area contributed by atoms with E-state index in [4.69, 9.17) is 9.94 Å². The third-order valence-corrected chi connectivity index (χ3v) is 3.62. The zero-order valence-corrected chi connectivity index (χ0v) is 12.8. The SMILES string of the molecule is CO/C(C)=C/CCN1C(=O)/C(=N\O)c2cc(C)cc(C)c21. The summed E-state index contributed by atoms with van der Waals surface area (Å²) in [6.07, 6.45) is 2.61. The van der Waals surface area contributed by atoms with Crippen LogP contribution < -0.4 is 4.90 Å². The highest BCUT2D eigenvalue weighted by Crippen LogP contribution is 2.34. The summed E-state index contributed by atoms with van der Waals surface area (Å²) in [5, 5.41) is 12.3. The summed E-state index contributed by atoms with van der Waals surface area (Å²) < 4.78 is 5.09. The Hall–Kier alpha value is -2.30. The number of oxime groups is 1. The fourth-order valence-corrected chi connectivity index (χ4v) is 2.63. The van der Waals surface area contributed by atoms with Gasteiger partial charge in [-0.3, -0.25) is 4.79 Å². The van der Waals surface area contributed by atoms with Gasteiger partial charge in [-0.15, -0.1) is 0 Å². The topological polar surface area (TPSA) is 62.1 Å². The minimum atomic E-state index is -0.260. The van der Waals surface area contributed by atoms with Crippen molar-refractivity contribution in [2.24, 2.45) is 5.16 Å². The average molecular weight is 288 g/mol. The van der Waals surface area contributed by atoms with Crippen LogP contribution in [0.2, 0.25) is 0 Å². The van der Waals surface area contributed by atoms with E-state index < -0.39 is 0 Å². The van der Waals surface area contributed by atoms with Gasteiger partial charge in [-0.05, 0) is 44.9 Å². The van der Waals surface area contributed by atoms with E-state index in [1.165, 1.54) is 0 Å². The molecular weight excluding hydrogens is 268 g/mol. The third-order valence-electron chi connectivity index (χ3n) is 3.62. The predicted octanol–water partition coefficient (Wildman–Crippen LogP) is 2.77. The van der Waals surface area contributed by atoms with E-state index in [1.807, 2.05) is 39.0 Å². The number of carbonyl (C=O) groups is 1. The molecule has 1 aliphatic rings. The predicted molar refractivity (Wildman–Crippen MR) is 82.0 cm³/mol. The maximum Gasteiger partial charge on any atom is 0.281 e. The molecule has 0 fully saturated rings. The number of nitrogens with zero attached hydrogens (tertiary/aromatic N) is 2. The molecule has 1 heterocycles. The van der Waals surface area contributed by atoms with E-state index in [9.17, 15) is 4.79 Å². The van der Waals surface area contributed by atoms with Crippen LogP contribution in [0.1, 0.15) is 30.0 Å². The number of ether oxygens (including phenoxy) is 1. The molecule has 5 heteroatoms. The van der Waals surface area contributed by atoms with E-state index in [0.717, 1.165) is 22.6 Å². The molecule has 21 heavy (non-hydrogen) atoms. The maximum absolute atomic E-state index is 12.4. The van der Waals surface area contributed by atoms with E-state index in [-0.39, 0.29) is 11.6 Å². The zero-order valence-electron chi connectivity index (χ0n) is 12.8. The third kappa shape index (κ3) is 2.77. The minimum absolute atomic E-state index is 0.115. The molecular formula is C16H20N2O3. The van der Waals surface area contributed by atoms with Crippen LogP contribution in [0.3, 0.4) is 0 Å². The molecule has 2 rings (SSSR count). The van der Waals surface area contributed by atoms with Crippen molar-refractivity contribution in [1.29, 1.82) is 0 Å². The number of hydrogen-bond acceptors (Lipinski definition) is 4. The Kier molecular flexibility index (Phi) is 4.31. The number of allylic oxidation sites excluding steroid dienone is 1. The first-order chi connectivity index (χ1) is 9.99. The fourth-order valence-electron chi connectivity index (χ4n) is 2.63. The summed E-state index contributed by atoms with van der Waals surface area (Å²) in [7, 11) is 1.62. The van der Waals surface area contributed by atoms with Crippen LogP contribution in [0.4, 0.5) is 5.69 Å². The Morgan fingerprint density at radius 2 is 2.14 bits per heavy atom. The molecule has 0 aromatic heterocycles. The Morgan fingerprint density at radius 1 is 1.43 bits per heavy atom. The van der Waals surface area contributed by atoms with Crippen LogP contribution in [0.25, 0.3) is 0 Å². The van der Waals surface area contributed by atoms with Crippen LogP contribution in [-0.2, 0) is 9.53 Å². The van der Waals surface area contributed by atoms with E-state index in [2.05, 4.69) is 5.16 Å². The monoisotopic (exact) mass is 288 g/mol. The Morgan fingerprint density at radius 3 is 2.76 bits per heavy atom. The number of amides is 1. The van der Waals surface area contributed by atoms with Crippen LogP contribution >= 0.6 is 0 Å². The van der Waals surface area contributed by atoms with Crippen LogP contribution in [0.15, 0.2) is 29.1 Å². The average Bonchev–Trinajstić information content (AvgIpc) is 2.70. The number of methoxy groups -OCH3 is 1. The van der Waals surface area contributed by atoms with Gasteiger partial charge >= 0.3 is 0 Å². The smallest absolute Gasteiger partial charge is 0.281 e. The van der Waals surface area contributed by atoms with Crippen molar-refractivity contribution in [2.75, 3.05) is 18.6 Å². The first-order valence-electron chi connectivity index (χ1n) is 6.86. The number of rotatable bonds is 4. The highest BCUT2D eigenvalue weighted by molar-refractivity contribution is 6.54. The highest BCUT2D eigenvalue weighted by Gasteiger charge is 2.35. The molecule has 1 aliphatic heterocycles. The van der Waals surface area contributed by atoms with Gasteiger partial charge in [-0.25, -0.2) is 0 Å². The molecule has 1 amide bonds. The molecule has 0 spiro atoms. The highest BCUT2D eigenvalue weighted by atomic mass is 16.5. The molecule has 0 radical (unpaired) electrons. The second-order valence-electron chi connectivity index (χ2n) is 5.19. The van der Waals surface area contributed by atoms with Crippen molar-refractivity contribution in [1.82, 2.24) is 0 Å². The minimum Gasteiger partial charge on any atom is -0.502 e. The van der Waals surface area contributed by atoms with Crippen molar-refractivity contribution < 1.29 is 14.7 Å². The van der Waals surface area contributed by atoms with Gasteiger partial charge in [0, 0.05) is 12.1 Å². The summed E-state index contributed by atoms with van der Waals surface area (Å²) >= 11 is 0. The number of aryl methyl sites for hydroxylation is 2. The summed E-state index contributed by atoms with van der Waals surface area (Å²) in [6, 6.07) is 3.90. The normalized spacial score (nSPS) is 16.6. The standard InChI is InChI=1S/C16H20N2O3/c1-10-8-11(2)15-13(9-10)14(17-20)16(19)18(15)7-5-6-12(3)21-4/h6,8-9,20H,5,7H2,1-4H3/b12-6+,17-14-. The number of carbonyl (C=O) groups excluding carboxylic acids is 1. The lowest BCUT2D eigenvalue weighted by molar-refractivity contribution is -0.112. The molecule has 112 valence electrons. The van der Waals surface area contributed by atoms with Crippen LogP contribution in [0.5, 0.6) is 0 Å². The molecule has 0 saturated heterocycles. The van der Waals surface area contributed by atoms with Crippen molar-refractivity contribution in [2.45, 2.75) is 27.2 Å². The first kappa shape index (κ1) is 15.1. The number of anilines is 1. The first-order valence-corrected chi connectivity index (χ1v) is 6.86. The lowest BCUT2D eigenvalue weighted by atomic mass is 10.0. The van der Waals surface area contributed by atoms with Gasteiger partial charge in [0.15, 0.2) is 5.71 Å². The van der Waals surface area contributed by atoms with Crippen LogP contribution in [-0.4, -0.2) is 30.5 Å². The van der Waals surface area contributed by atoms with Gasteiger partial charge in [-0.2, -0.15) is 0 Å². The Labute approximate surface area is 124 Å². The fraction of sp³-hybridized carbons (Fsp3) is 0.375. The van der Waals surface area contributed by atoms with Gasteiger partial charge in [0.1, 0.15) is 0 Å². The van der Waals surface area contributed by atoms with Crippen LogP contribution in [0, 0.1) is 13.8 Å². The van der Waals surface area contributed by atoms with Gasteiger partial charge < -0.3 is 14.8 Å². The molecule has 0 unspecified atom stereocenters. The van der Waals surface area contributed by atoms with Gasteiger partial charge in [0.05, 0.1) is 18.6 Å². The molecule has 5 nitrogen and oxygen atoms in total. The summed E-state index contributed by atoms with van der Waals surface area (Å²) in [6.45, 7) is 6.31. The van der Waals surface area contributed by atoms with E-state index in [0.29, 0.717) is 18.5 Å². The summed E-state index contributed by atoms with van der Waals surface area (Å²) in [5.41, 5.74) is 3.69. The lowest BCUT2D eigenvalue weighted by Gasteiger charge is -2.18. The Balaban J connectivity index is 2.35. The zero-order chi connectivity index (χ0) is 15.6. The van der Waals surface area contributed by atoms with Crippen molar-refractivity contribution in [3.05, 3.63) is 40.7 Å². The second-order valence-corrected chi connectivity index (χ2v) is 5.19. The molecule has 1 aromatic carbocycles. The van der Waals surface area contributed by atoms with Crippen molar-refractivity contribution >= 4 is 17.3 Å². The maximum atomic E-state index is 12.4. The van der Waals surface area contributed by atoms with Crippen molar-refractivity contribution in [3.8, 4) is 0 Å². The largest absolute Gasteiger partial charge is 0.502 e. The molecule has 1 N–H and O–H groups in total. The molecule has 0 bridgehead atoms. The number of hydrogen-bond donors (Lipinski definition) is 1. The molecule has 0 aliphatic carbocycles. The van der Waals surface area contributed by atoms with Gasteiger partial charge in [0.25, 0.3) is 5.91 Å². The van der Waals surface area contributed by atoms with Gasteiger partial charge in [-0.1, -0.05) is 16.8 Å². The van der Waals surface area contributed by atoms with Crippen molar-refractivity contribution in [3.63, 3.8) is 0 Å². The summed E-state index contributed by atoms with van der Waals surface area (Å²) in [4.78, 5) is 14.1. The molecule has 0 saturated carbocycles. The number of fused-ring (bicyclic) bond motifs is 1. The molecule has 0 atom stereocenters. The summed E-state index contributed by atoms with van der Waals surface area (Å²) in [5.74, 6) is 0.559. The molecule has 1 aromatic rings. The second kappa shape index (κ2) is 5.99. The lowest BCUT2D eigenvalue weighted by Crippen LogP contribution is -2.31. The van der Waals surface area contributed by atoms with Gasteiger partial charge in [0.2, 0.25) is 0 Å². The van der Waals surface area contributed by atoms with E-state index in [1.54, 1.807) is 12.0 Å².